The highest BCUT2D eigenvalue weighted by Gasteiger charge is 2.10. The molecular weight excluding hydrogens is 414 g/mol. The number of hydrogen-bond acceptors (Lipinski definition) is 8. The van der Waals surface area contributed by atoms with Gasteiger partial charge in [0.15, 0.2) is 23.2 Å². The highest BCUT2D eigenvalue weighted by atomic mass is 32.1. The van der Waals surface area contributed by atoms with Crippen LogP contribution in [0.1, 0.15) is 0 Å². The zero-order valence-electron chi connectivity index (χ0n) is 16.6. The van der Waals surface area contributed by atoms with Gasteiger partial charge in [-0.2, -0.15) is 0 Å². The lowest BCUT2D eigenvalue weighted by Gasteiger charge is -2.10. The van der Waals surface area contributed by atoms with Gasteiger partial charge in [0.1, 0.15) is 11.4 Å². The number of pyridine rings is 1. The van der Waals surface area contributed by atoms with Crippen LogP contribution in [0.2, 0.25) is 0 Å². The maximum atomic E-state index is 12.2. The van der Waals surface area contributed by atoms with Gasteiger partial charge in [0, 0.05) is 23.3 Å². The zero-order valence-corrected chi connectivity index (χ0v) is 17.5. The van der Waals surface area contributed by atoms with Crippen molar-refractivity contribution < 1.29 is 19.0 Å². The average molecular weight is 433 g/mol. The van der Waals surface area contributed by atoms with E-state index in [9.17, 15) is 4.79 Å². The molecule has 0 atom stereocenters. The number of aromatic nitrogens is 2. The Hall–Kier alpha value is -3.91. The van der Waals surface area contributed by atoms with Crippen LogP contribution < -0.4 is 19.5 Å². The van der Waals surface area contributed by atoms with Crippen LogP contribution in [0.5, 0.6) is 17.2 Å². The second-order valence-corrected chi connectivity index (χ2v) is 7.18. The number of esters is 1. The van der Waals surface area contributed by atoms with E-state index in [1.165, 1.54) is 11.3 Å². The molecule has 31 heavy (non-hydrogen) atoms. The Morgan fingerprint density at radius 2 is 1.84 bits per heavy atom. The van der Waals surface area contributed by atoms with Crippen molar-refractivity contribution in [3.63, 3.8) is 0 Å². The normalized spacial score (nSPS) is 10.4. The number of para-hydroxylation sites is 2. The number of nitrogens with one attached hydrogen (secondary N) is 1. The number of benzene rings is 2. The van der Waals surface area contributed by atoms with E-state index in [0.717, 1.165) is 17.1 Å². The summed E-state index contributed by atoms with van der Waals surface area (Å²) in [6.45, 7) is -0.238. The smallest absolute Gasteiger partial charge is 0.349 e. The molecule has 0 saturated carbocycles. The highest BCUT2D eigenvalue weighted by molar-refractivity contribution is 7.14. The summed E-state index contributed by atoms with van der Waals surface area (Å²) < 4.78 is 16.1. The molecule has 156 valence electrons. The van der Waals surface area contributed by atoms with E-state index in [1.54, 1.807) is 49.7 Å². The van der Waals surface area contributed by atoms with Gasteiger partial charge in [0.2, 0.25) is 0 Å². The lowest BCUT2D eigenvalue weighted by Crippen LogP contribution is -2.18. The van der Waals surface area contributed by atoms with Crippen LogP contribution >= 0.6 is 11.3 Å². The van der Waals surface area contributed by atoms with Gasteiger partial charge in [-0.1, -0.05) is 24.3 Å². The molecule has 0 saturated heterocycles. The van der Waals surface area contributed by atoms with Crippen LogP contribution in [0, 0.1) is 0 Å². The molecule has 0 unspecified atom stereocenters. The fourth-order valence-corrected chi connectivity index (χ4v) is 3.48. The molecule has 0 radical (unpaired) electrons. The summed E-state index contributed by atoms with van der Waals surface area (Å²) in [7, 11) is 1.54. The van der Waals surface area contributed by atoms with E-state index < -0.39 is 5.97 Å². The van der Waals surface area contributed by atoms with Gasteiger partial charge in [0.05, 0.1) is 12.8 Å². The average Bonchev–Trinajstić information content (AvgIpc) is 3.27. The lowest BCUT2D eigenvalue weighted by atomic mass is 10.3. The van der Waals surface area contributed by atoms with Gasteiger partial charge in [-0.25, -0.2) is 9.78 Å². The first-order chi connectivity index (χ1) is 15.2. The number of ether oxygens (including phenoxy) is 3. The first-order valence-electron chi connectivity index (χ1n) is 9.42. The van der Waals surface area contributed by atoms with E-state index in [-0.39, 0.29) is 6.61 Å². The molecule has 0 bridgehead atoms. The third-order valence-corrected chi connectivity index (χ3v) is 4.92. The lowest BCUT2D eigenvalue weighted by molar-refractivity contribution is -0.136. The quantitative estimate of drug-likeness (QED) is 0.311. The fourth-order valence-electron chi connectivity index (χ4n) is 2.76. The topological polar surface area (TPSA) is 82.6 Å². The summed E-state index contributed by atoms with van der Waals surface area (Å²) in [6.07, 6.45) is 1.73. The first-order valence-corrected chi connectivity index (χ1v) is 10.3. The molecule has 0 amide bonds. The van der Waals surface area contributed by atoms with Crippen molar-refractivity contribution in [1.29, 1.82) is 0 Å². The predicted molar refractivity (Wildman–Crippen MR) is 119 cm³/mol. The Labute approximate surface area is 183 Å². The van der Waals surface area contributed by atoms with E-state index >= 15 is 0 Å². The number of carbonyl (C=O) groups is 1. The number of rotatable bonds is 8. The molecule has 2 aromatic carbocycles. The van der Waals surface area contributed by atoms with Crippen LogP contribution in [0.15, 0.2) is 78.3 Å². The summed E-state index contributed by atoms with van der Waals surface area (Å²) >= 11 is 1.47. The Morgan fingerprint density at radius 3 is 2.65 bits per heavy atom. The highest BCUT2D eigenvalue weighted by Crippen LogP contribution is 2.28. The van der Waals surface area contributed by atoms with Crippen LogP contribution in [0.3, 0.4) is 0 Å². The third-order valence-electron chi connectivity index (χ3n) is 4.16. The van der Waals surface area contributed by atoms with Crippen LogP contribution in [-0.2, 0) is 4.79 Å². The number of hydrogen-bond donors (Lipinski definition) is 1. The summed E-state index contributed by atoms with van der Waals surface area (Å²) in [5, 5.41) is 5.87. The predicted octanol–water partition coefficient (Wildman–Crippen LogP) is 4.94. The van der Waals surface area contributed by atoms with Crippen LogP contribution in [0.25, 0.3) is 11.4 Å². The van der Waals surface area contributed by atoms with E-state index in [2.05, 4.69) is 15.3 Å². The summed E-state index contributed by atoms with van der Waals surface area (Å²) in [5.41, 5.74) is 2.35. The Balaban J connectivity index is 1.36. The van der Waals surface area contributed by atoms with Gasteiger partial charge >= 0.3 is 5.97 Å². The van der Waals surface area contributed by atoms with Gasteiger partial charge in [-0.3, -0.25) is 4.98 Å². The molecule has 4 rings (SSSR count). The summed E-state index contributed by atoms with van der Waals surface area (Å²) in [6, 6.07) is 19.9. The molecule has 0 fully saturated rings. The molecule has 0 aliphatic carbocycles. The van der Waals surface area contributed by atoms with Gasteiger partial charge < -0.3 is 19.5 Å². The van der Waals surface area contributed by atoms with Gasteiger partial charge in [-0.15, -0.1) is 11.3 Å². The Kier molecular flexibility index (Phi) is 6.39. The number of anilines is 2. The molecule has 7 nitrogen and oxygen atoms in total. The largest absolute Gasteiger partial charge is 0.493 e. The molecule has 4 aromatic rings. The number of nitrogens with zero attached hydrogens (tertiary/aromatic N) is 2. The van der Waals surface area contributed by atoms with Crippen molar-refractivity contribution in [3.8, 4) is 28.6 Å². The minimum absolute atomic E-state index is 0.238. The second kappa shape index (κ2) is 9.73. The summed E-state index contributed by atoms with van der Waals surface area (Å²) in [4.78, 5) is 21.0. The Bertz CT molecular complexity index is 1160. The minimum atomic E-state index is -0.519. The van der Waals surface area contributed by atoms with Crippen molar-refractivity contribution in [2.24, 2.45) is 0 Å². The van der Waals surface area contributed by atoms with E-state index in [0.29, 0.717) is 22.4 Å². The molecule has 0 aliphatic heterocycles. The van der Waals surface area contributed by atoms with Crippen molar-refractivity contribution in [2.75, 3.05) is 19.0 Å². The minimum Gasteiger partial charge on any atom is -0.493 e. The number of methoxy groups -OCH3 is 1. The Morgan fingerprint density at radius 1 is 1.00 bits per heavy atom. The standard InChI is InChI=1S/C23H19N3O4S/c1-28-20-10-2-3-11-21(20)29-14-22(27)30-17-8-6-7-16(13-17)25-23-26-19(15-31-23)18-9-4-5-12-24-18/h2-13,15H,14H2,1H3,(H,25,26). The molecule has 2 aromatic heterocycles. The van der Waals surface area contributed by atoms with Gasteiger partial charge in [-0.05, 0) is 36.4 Å². The molecule has 1 N–H and O–H groups in total. The first kappa shape index (κ1) is 20.4. The fraction of sp³-hybridized carbons (Fsp3) is 0.0870. The maximum Gasteiger partial charge on any atom is 0.349 e. The molecule has 2 heterocycles. The maximum absolute atomic E-state index is 12.2. The zero-order chi connectivity index (χ0) is 21.5. The second-order valence-electron chi connectivity index (χ2n) is 6.32. The van der Waals surface area contributed by atoms with Crippen molar-refractivity contribution >= 4 is 28.1 Å². The monoisotopic (exact) mass is 433 g/mol. The van der Waals surface area contributed by atoms with Crippen molar-refractivity contribution in [1.82, 2.24) is 9.97 Å². The third kappa shape index (κ3) is 5.37. The SMILES string of the molecule is COc1ccccc1OCC(=O)Oc1cccc(Nc2nc(-c3ccccn3)cs2)c1. The van der Waals surface area contributed by atoms with Crippen LogP contribution in [-0.4, -0.2) is 29.7 Å². The van der Waals surface area contributed by atoms with Crippen LogP contribution in [0.4, 0.5) is 10.8 Å². The molecule has 0 spiro atoms. The molecule has 0 aliphatic rings. The van der Waals surface area contributed by atoms with E-state index in [4.69, 9.17) is 14.2 Å². The van der Waals surface area contributed by atoms with Crippen molar-refractivity contribution in [3.05, 3.63) is 78.3 Å². The van der Waals surface area contributed by atoms with Crippen molar-refractivity contribution in [2.45, 2.75) is 0 Å². The number of carbonyl (C=O) groups excluding carboxylic acids is 1. The number of thiazole rings is 1. The summed E-state index contributed by atoms with van der Waals surface area (Å²) in [5.74, 6) is 0.912. The van der Waals surface area contributed by atoms with Gasteiger partial charge in [0.25, 0.3) is 0 Å². The molecular formula is C23H19N3O4S. The molecule has 8 heteroatoms. The van der Waals surface area contributed by atoms with E-state index in [1.807, 2.05) is 35.7 Å².